The standard InChI is InChI=1S/C27H27N3O4/c1-3-19-12-14-21(15-13-19)28-25(31)17-24-26(32)30(22-9-5-4-6-10-22)27(33)29(24)18-20-8-7-11-23(16-20)34-2/h4-16,24H,3,17-18H2,1-2H3,(H,28,31)/t24-/m0/s1. The molecule has 1 N–H and O–H groups in total. The molecule has 0 spiro atoms. The summed E-state index contributed by atoms with van der Waals surface area (Å²) in [4.78, 5) is 42.2. The summed E-state index contributed by atoms with van der Waals surface area (Å²) in [5.41, 5.74) is 3.10. The third-order valence-electron chi connectivity index (χ3n) is 5.84. The quantitative estimate of drug-likeness (QED) is 0.501. The summed E-state index contributed by atoms with van der Waals surface area (Å²) in [6.45, 7) is 2.24. The number of nitrogens with zero attached hydrogens (tertiary/aromatic N) is 2. The van der Waals surface area contributed by atoms with Crippen LogP contribution in [0.1, 0.15) is 24.5 Å². The van der Waals surface area contributed by atoms with Crippen LogP contribution in [0.5, 0.6) is 5.75 Å². The molecule has 1 fully saturated rings. The topological polar surface area (TPSA) is 79.0 Å². The number of carbonyl (C=O) groups is 3. The fourth-order valence-corrected chi connectivity index (χ4v) is 4.01. The van der Waals surface area contributed by atoms with Crippen molar-refractivity contribution >= 4 is 29.2 Å². The van der Waals surface area contributed by atoms with Crippen molar-refractivity contribution < 1.29 is 19.1 Å². The smallest absolute Gasteiger partial charge is 0.332 e. The van der Waals surface area contributed by atoms with Crippen LogP contribution in [0.3, 0.4) is 0 Å². The van der Waals surface area contributed by atoms with E-state index in [0.717, 1.165) is 22.4 Å². The van der Waals surface area contributed by atoms with E-state index in [9.17, 15) is 14.4 Å². The Balaban J connectivity index is 1.58. The van der Waals surface area contributed by atoms with Gasteiger partial charge in [0.2, 0.25) is 5.91 Å². The number of urea groups is 1. The van der Waals surface area contributed by atoms with Crippen LogP contribution in [0.4, 0.5) is 16.2 Å². The molecule has 1 atom stereocenters. The van der Waals surface area contributed by atoms with Gasteiger partial charge in [-0.1, -0.05) is 49.4 Å². The van der Waals surface area contributed by atoms with Crippen molar-refractivity contribution in [3.8, 4) is 5.75 Å². The number of methoxy groups -OCH3 is 1. The third kappa shape index (κ3) is 4.93. The highest BCUT2D eigenvalue weighted by molar-refractivity contribution is 6.22. The summed E-state index contributed by atoms with van der Waals surface area (Å²) < 4.78 is 5.29. The van der Waals surface area contributed by atoms with Crippen LogP contribution in [0.25, 0.3) is 0 Å². The van der Waals surface area contributed by atoms with E-state index < -0.39 is 18.0 Å². The summed E-state index contributed by atoms with van der Waals surface area (Å²) >= 11 is 0. The Kier molecular flexibility index (Phi) is 6.92. The van der Waals surface area contributed by atoms with Crippen molar-refractivity contribution in [2.24, 2.45) is 0 Å². The molecule has 0 unspecified atom stereocenters. The minimum atomic E-state index is -0.922. The number of carbonyl (C=O) groups excluding carboxylic acids is 3. The van der Waals surface area contributed by atoms with Crippen LogP contribution >= 0.6 is 0 Å². The van der Waals surface area contributed by atoms with Crippen LogP contribution in [-0.4, -0.2) is 35.9 Å². The zero-order valence-electron chi connectivity index (χ0n) is 19.2. The number of rotatable bonds is 8. The summed E-state index contributed by atoms with van der Waals surface area (Å²) in [7, 11) is 1.57. The largest absolute Gasteiger partial charge is 0.497 e. The van der Waals surface area contributed by atoms with Crippen LogP contribution < -0.4 is 15.0 Å². The lowest BCUT2D eigenvalue weighted by molar-refractivity contribution is -0.124. The predicted molar refractivity (Wildman–Crippen MR) is 131 cm³/mol. The maximum absolute atomic E-state index is 13.4. The van der Waals surface area contributed by atoms with Gasteiger partial charge in [-0.15, -0.1) is 0 Å². The van der Waals surface area contributed by atoms with Gasteiger partial charge in [0.25, 0.3) is 5.91 Å². The second-order valence-electron chi connectivity index (χ2n) is 8.09. The highest BCUT2D eigenvalue weighted by atomic mass is 16.5. The monoisotopic (exact) mass is 457 g/mol. The van der Waals surface area contributed by atoms with Gasteiger partial charge < -0.3 is 15.0 Å². The number of hydrogen-bond donors (Lipinski definition) is 1. The van der Waals surface area contributed by atoms with Gasteiger partial charge in [0.1, 0.15) is 11.8 Å². The molecule has 3 aromatic rings. The number of benzene rings is 3. The van der Waals surface area contributed by atoms with Gasteiger partial charge in [-0.05, 0) is 53.9 Å². The molecule has 34 heavy (non-hydrogen) atoms. The molecule has 1 heterocycles. The van der Waals surface area contributed by atoms with E-state index in [2.05, 4.69) is 12.2 Å². The molecule has 7 nitrogen and oxygen atoms in total. The van der Waals surface area contributed by atoms with E-state index >= 15 is 0 Å². The summed E-state index contributed by atoms with van der Waals surface area (Å²) in [6.07, 6.45) is 0.759. The number of amides is 4. The highest BCUT2D eigenvalue weighted by Crippen LogP contribution is 2.29. The lowest BCUT2D eigenvalue weighted by Crippen LogP contribution is -2.37. The fraction of sp³-hybridized carbons (Fsp3) is 0.222. The van der Waals surface area contributed by atoms with E-state index in [-0.39, 0.29) is 18.9 Å². The molecule has 1 aliphatic heterocycles. The van der Waals surface area contributed by atoms with Gasteiger partial charge in [-0.2, -0.15) is 0 Å². The van der Waals surface area contributed by atoms with Gasteiger partial charge in [0.15, 0.2) is 0 Å². The first-order valence-corrected chi connectivity index (χ1v) is 11.2. The molecule has 0 aliphatic carbocycles. The first-order valence-electron chi connectivity index (χ1n) is 11.2. The minimum Gasteiger partial charge on any atom is -0.497 e. The van der Waals surface area contributed by atoms with E-state index in [1.54, 1.807) is 31.4 Å². The summed E-state index contributed by atoms with van der Waals surface area (Å²) in [5.74, 6) is -0.100. The molecule has 1 saturated heterocycles. The van der Waals surface area contributed by atoms with Crippen molar-refractivity contribution in [2.75, 3.05) is 17.3 Å². The van der Waals surface area contributed by atoms with Crippen molar-refractivity contribution in [1.29, 1.82) is 0 Å². The minimum absolute atomic E-state index is 0.145. The molecule has 4 amide bonds. The van der Waals surface area contributed by atoms with Crippen LogP contribution in [0, 0.1) is 0 Å². The van der Waals surface area contributed by atoms with Crippen molar-refractivity contribution in [1.82, 2.24) is 4.90 Å². The number of imide groups is 1. The second-order valence-corrected chi connectivity index (χ2v) is 8.09. The van der Waals surface area contributed by atoms with E-state index in [1.165, 1.54) is 4.90 Å². The van der Waals surface area contributed by atoms with E-state index in [1.807, 2.05) is 54.6 Å². The Labute approximate surface area is 198 Å². The number of ether oxygens (including phenoxy) is 1. The van der Waals surface area contributed by atoms with Gasteiger partial charge >= 0.3 is 6.03 Å². The van der Waals surface area contributed by atoms with Crippen LogP contribution in [0.15, 0.2) is 78.9 Å². The SMILES string of the molecule is CCc1ccc(NC(=O)C[C@H]2C(=O)N(c3ccccc3)C(=O)N2Cc2cccc(OC)c2)cc1. The average Bonchev–Trinajstić information content (AvgIpc) is 3.09. The van der Waals surface area contributed by atoms with E-state index in [4.69, 9.17) is 4.74 Å². The molecular formula is C27H27N3O4. The molecule has 4 rings (SSSR count). The Morgan fingerprint density at radius 3 is 2.35 bits per heavy atom. The van der Waals surface area contributed by atoms with Crippen molar-refractivity contribution in [2.45, 2.75) is 32.4 Å². The van der Waals surface area contributed by atoms with Gasteiger partial charge in [-0.3, -0.25) is 9.59 Å². The number of anilines is 2. The second kappa shape index (κ2) is 10.2. The predicted octanol–water partition coefficient (Wildman–Crippen LogP) is 4.62. The van der Waals surface area contributed by atoms with Crippen LogP contribution in [0.2, 0.25) is 0 Å². The average molecular weight is 458 g/mol. The number of nitrogens with one attached hydrogen (secondary N) is 1. The van der Waals surface area contributed by atoms with E-state index in [0.29, 0.717) is 17.1 Å². The number of hydrogen-bond acceptors (Lipinski definition) is 4. The van der Waals surface area contributed by atoms with Crippen molar-refractivity contribution in [3.05, 3.63) is 90.0 Å². The molecule has 0 radical (unpaired) electrons. The lowest BCUT2D eigenvalue weighted by atomic mass is 10.1. The fourth-order valence-electron chi connectivity index (χ4n) is 4.01. The van der Waals surface area contributed by atoms with Gasteiger partial charge in [0, 0.05) is 12.2 Å². The Hall–Kier alpha value is -4.13. The summed E-state index contributed by atoms with van der Waals surface area (Å²) in [5, 5.41) is 2.85. The molecule has 0 aromatic heterocycles. The first-order chi connectivity index (χ1) is 16.5. The maximum atomic E-state index is 13.4. The Morgan fingerprint density at radius 2 is 1.68 bits per heavy atom. The number of aryl methyl sites for hydroxylation is 1. The maximum Gasteiger partial charge on any atom is 0.332 e. The molecule has 1 aliphatic rings. The van der Waals surface area contributed by atoms with Gasteiger partial charge in [-0.25, -0.2) is 9.69 Å². The molecule has 7 heteroatoms. The zero-order valence-corrected chi connectivity index (χ0v) is 19.2. The Bertz CT molecular complexity index is 1180. The third-order valence-corrected chi connectivity index (χ3v) is 5.84. The molecule has 0 bridgehead atoms. The molecule has 174 valence electrons. The summed E-state index contributed by atoms with van der Waals surface area (Å²) in [6, 6.07) is 22.3. The zero-order chi connectivity index (χ0) is 24.1. The number of para-hydroxylation sites is 1. The normalized spacial score (nSPS) is 15.5. The molecule has 0 saturated carbocycles. The molecular weight excluding hydrogens is 430 g/mol. The first kappa shape index (κ1) is 23.0. The van der Waals surface area contributed by atoms with Gasteiger partial charge in [0.05, 0.1) is 19.2 Å². The van der Waals surface area contributed by atoms with Crippen molar-refractivity contribution in [3.63, 3.8) is 0 Å². The molecule has 3 aromatic carbocycles. The Morgan fingerprint density at radius 1 is 0.941 bits per heavy atom. The van der Waals surface area contributed by atoms with Crippen LogP contribution in [-0.2, 0) is 22.6 Å². The lowest BCUT2D eigenvalue weighted by Gasteiger charge is -2.22. The highest BCUT2D eigenvalue weighted by Gasteiger charge is 2.46.